The summed E-state index contributed by atoms with van der Waals surface area (Å²) in [6.07, 6.45) is 3.53. The van der Waals surface area contributed by atoms with Gasteiger partial charge >= 0.3 is 0 Å². The highest BCUT2D eigenvalue weighted by molar-refractivity contribution is 5.98. The monoisotopic (exact) mass is 413 g/mol. The molecule has 3 heterocycles. The lowest BCUT2D eigenvalue weighted by molar-refractivity contribution is -0.144. The molecular formula is C23H31N3O4. The fourth-order valence-corrected chi connectivity index (χ4v) is 4.87. The van der Waals surface area contributed by atoms with Crippen LogP contribution in [0.4, 0.5) is 0 Å². The van der Waals surface area contributed by atoms with Crippen molar-refractivity contribution in [3.63, 3.8) is 0 Å². The van der Waals surface area contributed by atoms with E-state index in [0.717, 1.165) is 31.5 Å². The van der Waals surface area contributed by atoms with Crippen molar-refractivity contribution in [1.82, 2.24) is 14.7 Å². The van der Waals surface area contributed by atoms with Gasteiger partial charge in [0, 0.05) is 51.0 Å². The number of aryl methyl sites for hydroxylation is 1. The zero-order chi connectivity index (χ0) is 21.3. The van der Waals surface area contributed by atoms with Gasteiger partial charge in [0.15, 0.2) is 0 Å². The molecule has 3 amide bonds. The molecule has 3 aliphatic rings. The average molecular weight is 414 g/mol. The minimum atomic E-state index is -0.827. The summed E-state index contributed by atoms with van der Waals surface area (Å²) in [4.78, 5) is 44.4. The van der Waals surface area contributed by atoms with Crippen LogP contribution in [-0.2, 0) is 14.3 Å². The lowest BCUT2D eigenvalue weighted by Crippen LogP contribution is -2.60. The maximum absolute atomic E-state index is 13.6. The van der Waals surface area contributed by atoms with E-state index in [9.17, 15) is 14.4 Å². The van der Waals surface area contributed by atoms with Gasteiger partial charge in [-0.3, -0.25) is 19.3 Å². The summed E-state index contributed by atoms with van der Waals surface area (Å²) in [5.74, 6) is -0.0684. The molecular weight excluding hydrogens is 382 g/mol. The standard InChI is InChI=1S/C23H31N3O4/c1-3-20(27)24-14-10-23(11-15-24)26(21(28)18-8-6-17(2)7-9-18)19(16-30-23)22(29)25-12-4-5-13-25/h6-9,19H,3-5,10-16H2,1-2H3. The van der Waals surface area contributed by atoms with Crippen molar-refractivity contribution in [3.05, 3.63) is 35.4 Å². The molecule has 0 bridgehead atoms. The Morgan fingerprint density at radius 3 is 2.23 bits per heavy atom. The molecule has 0 aliphatic carbocycles. The number of hydrogen-bond acceptors (Lipinski definition) is 4. The Morgan fingerprint density at radius 1 is 1.00 bits per heavy atom. The Labute approximate surface area is 177 Å². The number of rotatable bonds is 3. The van der Waals surface area contributed by atoms with Gasteiger partial charge in [-0.05, 0) is 31.9 Å². The lowest BCUT2D eigenvalue weighted by Gasteiger charge is -2.44. The van der Waals surface area contributed by atoms with Crippen molar-refractivity contribution >= 4 is 17.7 Å². The van der Waals surface area contributed by atoms with Gasteiger partial charge in [0.1, 0.15) is 11.8 Å². The molecule has 7 heteroatoms. The number of amides is 3. The van der Waals surface area contributed by atoms with Gasteiger partial charge in [-0.15, -0.1) is 0 Å². The molecule has 30 heavy (non-hydrogen) atoms. The number of likely N-dealkylation sites (tertiary alicyclic amines) is 2. The molecule has 7 nitrogen and oxygen atoms in total. The molecule has 3 fully saturated rings. The van der Waals surface area contributed by atoms with E-state index in [1.54, 1.807) is 4.90 Å². The van der Waals surface area contributed by atoms with Crippen molar-refractivity contribution in [2.45, 2.75) is 57.7 Å². The van der Waals surface area contributed by atoms with Crippen molar-refractivity contribution < 1.29 is 19.1 Å². The molecule has 0 saturated carbocycles. The highest BCUT2D eigenvalue weighted by atomic mass is 16.5. The van der Waals surface area contributed by atoms with E-state index in [2.05, 4.69) is 0 Å². The van der Waals surface area contributed by atoms with Crippen molar-refractivity contribution in [1.29, 1.82) is 0 Å². The van der Waals surface area contributed by atoms with Gasteiger partial charge in [-0.25, -0.2) is 0 Å². The van der Waals surface area contributed by atoms with Gasteiger partial charge in [0.25, 0.3) is 5.91 Å². The number of carbonyl (C=O) groups is 3. The molecule has 0 radical (unpaired) electrons. The Balaban J connectivity index is 1.62. The summed E-state index contributed by atoms with van der Waals surface area (Å²) >= 11 is 0. The number of ether oxygens (including phenoxy) is 1. The van der Waals surface area contributed by atoms with Gasteiger partial charge < -0.3 is 14.5 Å². The van der Waals surface area contributed by atoms with E-state index in [0.29, 0.717) is 37.9 Å². The molecule has 3 aliphatic heterocycles. The fourth-order valence-electron chi connectivity index (χ4n) is 4.87. The quantitative estimate of drug-likeness (QED) is 0.762. The molecule has 162 valence electrons. The van der Waals surface area contributed by atoms with E-state index >= 15 is 0 Å². The summed E-state index contributed by atoms with van der Waals surface area (Å²) in [7, 11) is 0. The van der Waals surface area contributed by atoms with Crippen molar-refractivity contribution in [3.8, 4) is 0 Å². The molecule has 4 rings (SSSR count). The molecule has 0 N–H and O–H groups in total. The Morgan fingerprint density at radius 2 is 1.63 bits per heavy atom. The third-order valence-corrected chi connectivity index (χ3v) is 6.68. The first-order valence-corrected chi connectivity index (χ1v) is 11.1. The minimum Gasteiger partial charge on any atom is -0.353 e. The van der Waals surface area contributed by atoms with Crippen LogP contribution >= 0.6 is 0 Å². The normalized spacial score (nSPS) is 23.3. The van der Waals surface area contributed by atoms with Crippen LogP contribution in [0, 0.1) is 6.92 Å². The zero-order valence-electron chi connectivity index (χ0n) is 17.9. The van der Waals surface area contributed by atoms with Gasteiger partial charge in [-0.1, -0.05) is 24.6 Å². The van der Waals surface area contributed by atoms with Crippen LogP contribution in [0.5, 0.6) is 0 Å². The molecule has 1 atom stereocenters. The number of hydrogen-bond donors (Lipinski definition) is 0. The number of benzene rings is 1. The Bertz CT molecular complexity index is 808. The van der Waals surface area contributed by atoms with E-state index < -0.39 is 11.8 Å². The first-order valence-electron chi connectivity index (χ1n) is 11.1. The average Bonchev–Trinajstić information content (AvgIpc) is 3.42. The van der Waals surface area contributed by atoms with Crippen LogP contribution in [-0.4, -0.2) is 77.0 Å². The molecule has 1 spiro atoms. The number of carbonyl (C=O) groups excluding carboxylic acids is 3. The van der Waals surface area contributed by atoms with E-state index in [-0.39, 0.29) is 24.3 Å². The molecule has 1 aromatic rings. The second-order valence-electron chi connectivity index (χ2n) is 8.58. The predicted octanol–water partition coefficient (Wildman–Crippen LogP) is 2.19. The Hall–Kier alpha value is -2.41. The first-order chi connectivity index (χ1) is 14.4. The number of nitrogens with zero attached hydrogens (tertiary/aromatic N) is 3. The first kappa shape index (κ1) is 20.8. The van der Waals surface area contributed by atoms with Crippen molar-refractivity contribution in [2.75, 3.05) is 32.8 Å². The predicted molar refractivity (Wildman–Crippen MR) is 112 cm³/mol. The summed E-state index contributed by atoms with van der Waals surface area (Å²) in [6.45, 7) is 6.62. The highest BCUT2D eigenvalue weighted by Gasteiger charge is 2.54. The summed E-state index contributed by atoms with van der Waals surface area (Å²) in [5, 5.41) is 0. The second-order valence-corrected chi connectivity index (χ2v) is 8.58. The topological polar surface area (TPSA) is 70.2 Å². The summed E-state index contributed by atoms with van der Waals surface area (Å²) in [6, 6.07) is 6.85. The lowest BCUT2D eigenvalue weighted by atomic mass is 9.96. The third-order valence-electron chi connectivity index (χ3n) is 6.68. The highest BCUT2D eigenvalue weighted by Crippen LogP contribution is 2.39. The van der Waals surface area contributed by atoms with Crippen LogP contribution in [0.15, 0.2) is 24.3 Å². The zero-order valence-corrected chi connectivity index (χ0v) is 17.9. The van der Waals surface area contributed by atoms with E-state index in [1.165, 1.54) is 0 Å². The van der Waals surface area contributed by atoms with Gasteiger partial charge in [-0.2, -0.15) is 0 Å². The van der Waals surface area contributed by atoms with Crippen LogP contribution in [0.25, 0.3) is 0 Å². The SMILES string of the molecule is CCC(=O)N1CCC2(CC1)OCC(C(=O)N1CCCC1)N2C(=O)c1ccc(C)cc1. The molecule has 1 unspecified atom stereocenters. The molecule has 0 aromatic heterocycles. The summed E-state index contributed by atoms with van der Waals surface area (Å²) < 4.78 is 6.24. The maximum Gasteiger partial charge on any atom is 0.256 e. The van der Waals surface area contributed by atoms with E-state index in [4.69, 9.17) is 4.74 Å². The third kappa shape index (κ3) is 3.71. The van der Waals surface area contributed by atoms with Crippen LogP contribution in [0.1, 0.15) is 54.9 Å². The maximum atomic E-state index is 13.6. The largest absolute Gasteiger partial charge is 0.353 e. The molecule has 3 saturated heterocycles. The summed E-state index contributed by atoms with van der Waals surface area (Å²) in [5.41, 5.74) is 0.818. The van der Waals surface area contributed by atoms with Gasteiger partial charge in [0.05, 0.1) is 6.61 Å². The fraction of sp³-hybridized carbons (Fsp3) is 0.609. The van der Waals surface area contributed by atoms with Crippen LogP contribution in [0.2, 0.25) is 0 Å². The minimum absolute atomic E-state index is 0.0168. The van der Waals surface area contributed by atoms with Crippen LogP contribution < -0.4 is 0 Å². The van der Waals surface area contributed by atoms with Crippen LogP contribution in [0.3, 0.4) is 0 Å². The number of piperidine rings is 1. The van der Waals surface area contributed by atoms with Gasteiger partial charge in [0.2, 0.25) is 11.8 Å². The van der Waals surface area contributed by atoms with Crippen molar-refractivity contribution in [2.24, 2.45) is 0 Å². The van der Waals surface area contributed by atoms with E-state index in [1.807, 2.05) is 47.9 Å². The Kier molecular flexibility index (Phi) is 5.82. The second kappa shape index (κ2) is 8.38. The molecule has 1 aromatic carbocycles. The smallest absolute Gasteiger partial charge is 0.256 e.